The van der Waals surface area contributed by atoms with E-state index in [2.05, 4.69) is 5.32 Å². The van der Waals surface area contributed by atoms with Crippen molar-refractivity contribution in [1.29, 1.82) is 0 Å². The highest BCUT2D eigenvalue weighted by molar-refractivity contribution is 4.72. The molecule has 1 atom stereocenters. The lowest BCUT2D eigenvalue weighted by atomic mass is 10.1. The molecule has 0 amide bonds. The van der Waals surface area contributed by atoms with Crippen molar-refractivity contribution in [3.8, 4) is 0 Å². The maximum Gasteiger partial charge on any atom is 0.126 e. The highest BCUT2D eigenvalue weighted by Gasteiger charge is 2.17. The molecule has 0 aromatic heterocycles. The van der Waals surface area contributed by atoms with Crippen molar-refractivity contribution in [3.05, 3.63) is 0 Å². The first-order valence-electron chi connectivity index (χ1n) is 4.04. The van der Waals surface area contributed by atoms with Crippen LogP contribution in [0.3, 0.4) is 0 Å². The van der Waals surface area contributed by atoms with Crippen LogP contribution in [-0.4, -0.2) is 30.5 Å². The Balaban J connectivity index is 3.38. The maximum atomic E-state index is 9.42. The molecule has 0 radical (unpaired) electrons. The van der Waals surface area contributed by atoms with Gasteiger partial charge in [0.1, 0.15) is 5.72 Å². The van der Waals surface area contributed by atoms with Gasteiger partial charge in [-0.15, -0.1) is 0 Å². The molecule has 0 aliphatic rings. The van der Waals surface area contributed by atoms with Crippen LogP contribution in [0.25, 0.3) is 0 Å². The van der Waals surface area contributed by atoms with E-state index in [4.69, 9.17) is 11.5 Å². The highest BCUT2D eigenvalue weighted by Crippen LogP contribution is 2.02. The molecule has 6 N–H and O–H groups in total. The summed E-state index contributed by atoms with van der Waals surface area (Å²) < 4.78 is 0. The molecule has 4 heteroatoms. The number of rotatable bonds is 6. The minimum absolute atomic E-state index is 0.415. The third kappa shape index (κ3) is 6.25. The van der Waals surface area contributed by atoms with Crippen molar-refractivity contribution in [1.82, 2.24) is 5.32 Å². The molecule has 0 fully saturated rings. The average molecular weight is 161 g/mol. The Morgan fingerprint density at radius 1 is 1.55 bits per heavy atom. The van der Waals surface area contributed by atoms with Crippen LogP contribution in [0.4, 0.5) is 0 Å². The lowest BCUT2D eigenvalue weighted by Crippen LogP contribution is -2.49. The molecule has 0 aliphatic carbocycles. The van der Waals surface area contributed by atoms with Crippen LogP contribution in [0.2, 0.25) is 0 Å². The lowest BCUT2D eigenvalue weighted by Gasteiger charge is -2.22. The number of hydrogen-bond acceptors (Lipinski definition) is 4. The normalized spacial score (nSPS) is 16.4. The van der Waals surface area contributed by atoms with E-state index in [1.165, 1.54) is 0 Å². The zero-order valence-electron chi connectivity index (χ0n) is 7.14. The van der Waals surface area contributed by atoms with Gasteiger partial charge in [0.05, 0.1) is 0 Å². The van der Waals surface area contributed by atoms with Gasteiger partial charge in [0.2, 0.25) is 0 Å². The molecule has 68 valence electrons. The van der Waals surface area contributed by atoms with Crippen LogP contribution in [0.1, 0.15) is 19.8 Å². The van der Waals surface area contributed by atoms with Gasteiger partial charge in [-0.3, -0.25) is 0 Å². The number of nitrogens with two attached hydrogens (primary N) is 2. The monoisotopic (exact) mass is 161 g/mol. The molecule has 0 rings (SSSR count). The molecule has 0 aliphatic heterocycles. The Morgan fingerprint density at radius 2 is 2.18 bits per heavy atom. The second kappa shape index (κ2) is 5.49. The summed E-state index contributed by atoms with van der Waals surface area (Å²) in [5, 5.41) is 12.4. The van der Waals surface area contributed by atoms with Gasteiger partial charge in [-0.1, -0.05) is 13.3 Å². The van der Waals surface area contributed by atoms with Gasteiger partial charge >= 0.3 is 0 Å². The third-order valence-electron chi connectivity index (χ3n) is 1.44. The zero-order valence-corrected chi connectivity index (χ0v) is 7.14. The van der Waals surface area contributed by atoms with E-state index < -0.39 is 5.72 Å². The molecule has 1 unspecified atom stereocenters. The molecule has 0 saturated carbocycles. The summed E-state index contributed by atoms with van der Waals surface area (Å²) in [5.41, 5.74) is 9.70. The standard InChI is InChI=1S/C7H19N3O/c1-2-3-7(9,11)6-10-5-4-8/h10-11H,2-6,8-9H2,1H3. The Morgan fingerprint density at radius 3 is 2.64 bits per heavy atom. The Labute approximate surface area is 68.0 Å². The number of aliphatic hydroxyl groups is 1. The largest absolute Gasteiger partial charge is 0.375 e. The van der Waals surface area contributed by atoms with Crippen molar-refractivity contribution in [2.24, 2.45) is 11.5 Å². The molecule has 4 nitrogen and oxygen atoms in total. The first kappa shape index (κ1) is 10.8. The molecule has 0 bridgehead atoms. The van der Waals surface area contributed by atoms with Crippen molar-refractivity contribution in [3.63, 3.8) is 0 Å². The number of nitrogens with one attached hydrogen (secondary N) is 1. The first-order valence-corrected chi connectivity index (χ1v) is 4.04. The molecule has 11 heavy (non-hydrogen) atoms. The fourth-order valence-electron chi connectivity index (χ4n) is 0.928. The Hall–Kier alpha value is -0.160. The van der Waals surface area contributed by atoms with Gasteiger partial charge in [-0.05, 0) is 6.42 Å². The van der Waals surface area contributed by atoms with Crippen molar-refractivity contribution >= 4 is 0 Å². The first-order chi connectivity index (χ1) is 5.12. The summed E-state index contributed by atoms with van der Waals surface area (Å²) in [4.78, 5) is 0. The summed E-state index contributed by atoms with van der Waals surface area (Å²) in [6, 6.07) is 0. The minimum atomic E-state index is -1.07. The lowest BCUT2D eigenvalue weighted by molar-refractivity contribution is 0.0378. The second-order valence-corrected chi connectivity index (χ2v) is 2.82. The SMILES string of the molecule is CCCC(N)(O)CNCCN. The van der Waals surface area contributed by atoms with Gasteiger partial charge in [0.25, 0.3) is 0 Å². The van der Waals surface area contributed by atoms with E-state index in [1.807, 2.05) is 6.92 Å². The average Bonchev–Trinajstić information content (AvgIpc) is 1.87. The van der Waals surface area contributed by atoms with Crippen molar-refractivity contribution < 1.29 is 5.11 Å². The van der Waals surface area contributed by atoms with Crippen LogP contribution in [0.5, 0.6) is 0 Å². The summed E-state index contributed by atoms with van der Waals surface area (Å²) in [5.74, 6) is 0. The van der Waals surface area contributed by atoms with Crippen molar-refractivity contribution in [2.75, 3.05) is 19.6 Å². The Kier molecular flexibility index (Phi) is 5.41. The van der Waals surface area contributed by atoms with Crippen LogP contribution in [0, 0.1) is 0 Å². The molecular formula is C7H19N3O. The molecule has 0 saturated heterocycles. The summed E-state index contributed by atoms with van der Waals surface area (Å²) in [6.45, 7) is 3.67. The van der Waals surface area contributed by atoms with Gasteiger partial charge in [-0.25, -0.2) is 0 Å². The molecule has 0 aromatic rings. The zero-order chi connectivity index (χ0) is 8.74. The topological polar surface area (TPSA) is 84.3 Å². The predicted octanol–water partition coefficient (Wildman–Crippen LogP) is -1.02. The van der Waals surface area contributed by atoms with Gasteiger partial charge in [0, 0.05) is 19.6 Å². The van der Waals surface area contributed by atoms with Crippen molar-refractivity contribution in [2.45, 2.75) is 25.5 Å². The summed E-state index contributed by atoms with van der Waals surface area (Å²) in [7, 11) is 0. The molecule has 0 spiro atoms. The van der Waals surface area contributed by atoms with Gasteiger partial charge < -0.3 is 21.9 Å². The molecule has 0 heterocycles. The predicted molar refractivity (Wildman–Crippen MR) is 46.0 cm³/mol. The van der Waals surface area contributed by atoms with E-state index in [-0.39, 0.29) is 0 Å². The van der Waals surface area contributed by atoms with Crippen LogP contribution in [0.15, 0.2) is 0 Å². The second-order valence-electron chi connectivity index (χ2n) is 2.82. The van der Waals surface area contributed by atoms with E-state index in [0.717, 1.165) is 6.42 Å². The highest BCUT2D eigenvalue weighted by atomic mass is 16.3. The van der Waals surface area contributed by atoms with Crippen LogP contribution < -0.4 is 16.8 Å². The minimum Gasteiger partial charge on any atom is -0.375 e. The smallest absolute Gasteiger partial charge is 0.126 e. The summed E-state index contributed by atoms with van der Waals surface area (Å²) in [6.07, 6.45) is 1.50. The van der Waals surface area contributed by atoms with Gasteiger partial charge in [-0.2, -0.15) is 0 Å². The molecule has 0 aromatic carbocycles. The third-order valence-corrected chi connectivity index (χ3v) is 1.44. The fraction of sp³-hybridized carbons (Fsp3) is 1.00. The summed E-state index contributed by atoms with van der Waals surface area (Å²) >= 11 is 0. The maximum absolute atomic E-state index is 9.42. The fourth-order valence-corrected chi connectivity index (χ4v) is 0.928. The van der Waals surface area contributed by atoms with Crippen LogP contribution >= 0.6 is 0 Å². The molecular weight excluding hydrogens is 142 g/mol. The van der Waals surface area contributed by atoms with Crippen LogP contribution in [-0.2, 0) is 0 Å². The van der Waals surface area contributed by atoms with E-state index in [9.17, 15) is 5.11 Å². The quantitative estimate of drug-likeness (QED) is 0.297. The number of hydrogen-bond donors (Lipinski definition) is 4. The Bertz CT molecular complexity index is 95.7. The van der Waals surface area contributed by atoms with E-state index in [0.29, 0.717) is 26.1 Å². The van der Waals surface area contributed by atoms with Gasteiger partial charge in [0.15, 0.2) is 0 Å². The van der Waals surface area contributed by atoms with E-state index in [1.54, 1.807) is 0 Å². The van der Waals surface area contributed by atoms with E-state index >= 15 is 0 Å².